The largest absolute Gasteiger partial charge is 0.347 e. The summed E-state index contributed by atoms with van der Waals surface area (Å²) in [5.41, 5.74) is 0.782. The fourth-order valence-corrected chi connectivity index (χ4v) is 2.62. The van der Waals surface area contributed by atoms with Gasteiger partial charge in [0, 0.05) is 12.4 Å². The van der Waals surface area contributed by atoms with Gasteiger partial charge in [-0.3, -0.25) is 4.79 Å². The molecular weight excluding hydrogens is 248 g/mol. The van der Waals surface area contributed by atoms with E-state index < -0.39 is 0 Å². The summed E-state index contributed by atoms with van der Waals surface area (Å²) >= 11 is 1.42. The number of carbonyl (C=O) groups is 1. The van der Waals surface area contributed by atoms with Crippen molar-refractivity contribution in [2.45, 2.75) is 33.2 Å². The van der Waals surface area contributed by atoms with Gasteiger partial charge in [-0.1, -0.05) is 6.92 Å². The van der Waals surface area contributed by atoms with Crippen LogP contribution in [0.2, 0.25) is 0 Å². The van der Waals surface area contributed by atoms with Crippen LogP contribution in [0.1, 0.15) is 45.6 Å². The number of H-pyrrole nitrogens is 1. The third-order valence-corrected chi connectivity index (χ3v) is 3.74. The summed E-state index contributed by atoms with van der Waals surface area (Å²) in [5.74, 6) is 0.700. The van der Waals surface area contributed by atoms with Gasteiger partial charge in [0.15, 0.2) is 0 Å². The van der Waals surface area contributed by atoms with Crippen LogP contribution in [-0.2, 0) is 0 Å². The number of amides is 1. The molecule has 2 heterocycles. The van der Waals surface area contributed by atoms with Gasteiger partial charge >= 0.3 is 0 Å². The third kappa shape index (κ3) is 2.59. The zero-order valence-corrected chi connectivity index (χ0v) is 11.5. The monoisotopic (exact) mass is 264 g/mol. The van der Waals surface area contributed by atoms with Gasteiger partial charge in [0.1, 0.15) is 10.7 Å². The minimum absolute atomic E-state index is 0.0821. The van der Waals surface area contributed by atoms with Crippen LogP contribution in [0.5, 0.6) is 0 Å². The second-order valence-corrected chi connectivity index (χ2v) is 5.26. The summed E-state index contributed by atoms with van der Waals surface area (Å²) in [4.78, 5) is 24.3. The molecule has 0 aliphatic carbocycles. The molecule has 96 valence electrons. The predicted octanol–water partition coefficient (Wildman–Crippen LogP) is 2.36. The minimum Gasteiger partial charge on any atom is -0.347 e. The number of rotatable bonds is 4. The highest BCUT2D eigenvalue weighted by atomic mass is 32.1. The lowest BCUT2D eigenvalue weighted by Gasteiger charge is -2.13. The van der Waals surface area contributed by atoms with Gasteiger partial charge in [-0.2, -0.15) is 0 Å². The number of nitrogens with one attached hydrogen (secondary N) is 2. The first-order valence-corrected chi connectivity index (χ1v) is 6.67. The summed E-state index contributed by atoms with van der Waals surface area (Å²) in [6.07, 6.45) is 4.23. The van der Waals surface area contributed by atoms with Crippen molar-refractivity contribution in [2.24, 2.45) is 0 Å². The summed E-state index contributed by atoms with van der Waals surface area (Å²) in [5, 5.41) is 3.88. The van der Waals surface area contributed by atoms with Crippen LogP contribution in [-0.4, -0.2) is 20.9 Å². The Morgan fingerprint density at radius 1 is 1.56 bits per heavy atom. The van der Waals surface area contributed by atoms with Crippen molar-refractivity contribution < 1.29 is 4.79 Å². The molecule has 0 fully saturated rings. The van der Waals surface area contributed by atoms with E-state index >= 15 is 0 Å². The Morgan fingerprint density at radius 2 is 2.33 bits per heavy atom. The van der Waals surface area contributed by atoms with E-state index in [0.29, 0.717) is 4.88 Å². The lowest BCUT2D eigenvalue weighted by Crippen LogP contribution is -2.28. The summed E-state index contributed by atoms with van der Waals surface area (Å²) < 4.78 is 0. The van der Waals surface area contributed by atoms with E-state index in [1.807, 2.05) is 20.8 Å². The molecule has 0 saturated heterocycles. The molecule has 2 aromatic rings. The van der Waals surface area contributed by atoms with Crippen molar-refractivity contribution in [3.63, 3.8) is 0 Å². The first-order valence-electron chi connectivity index (χ1n) is 5.86. The molecule has 1 amide bonds. The quantitative estimate of drug-likeness (QED) is 0.890. The van der Waals surface area contributed by atoms with Gasteiger partial charge in [0.25, 0.3) is 5.91 Å². The van der Waals surface area contributed by atoms with Crippen LogP contribution in [0.3, 0.4) is 0 Å². The summed E-state index contributed by atoms with van der Waals surface area (Å²) in [7, 11) is 0. The lowest BCUT2D eigenvalue weighted by molar-refractivity contribution is 0.0937. The molecular formula is C12H16N4OS. The number of aromatic amines is 1. The van der Waals surface area contributed by atoms with E-state index in [-0.39, 0.29) is 11.9 Å². The fraction of sp³-hybridized carbons (Fsp3) is 0.417. The maximum atomic E-state index is 12.2. The number of aromatic nitrogens is 3. The molecule has 2 N–H and O–H groups in total. The standard InChI is InChI=1S/C12H16N4OS/c1-4-9(11-13-5-6-14-11)16-12(17)10-7(2)15-8(3)18-10/h5-6,9H,4H2,1-3H3,(H,13,14)(H,16,17). The third-order valence-electron chi connectivity index (χ3n) is 2.67. The molecule has 2 aromatic heterocycles. The average Bonchev–Trinajstić information content (AvgIpc) is 2.95. The number of aryl methyl sites for hydroxylation is 2. The maximum absolute atomic E-state index is 12.2. The molecule has 0 aliphatic heterocycles. The highest BCUT2D eigenvalue weighted by Crippen LogP contribution is 2.19. The number of imidazole rings is 1. The Labute approximate surface area is 110 Å². The molecule has 1 unspecified atom stereocenters. The lowest BCUT2D eigenvalue weighted by atomic mass is 10.2. The molecule has 5 nitrogen and oxygen atoms in total. The number of thiazole rings is 1. The van der Waals surface area contributed by atoms with Crippen LogP contribution < -0.4 is 5.32 Å². The zero-order chi connectivity index (χ0) is 13.1. The van der Waals surface area contributed by atoms with Gasteiger partial charge in [-0.15, -0.1) is 11.3 Å². The molecule has 6 heteroatoms. The summed E-state index contributed by atoms with van der Waals surface area (Å²) in [6, 6.07) is -0.0886. The van der Waals surface area contributed by atoms with Crippen LogP contribution in [0, 0.1) is 13.8 Å². The molecule has 0 aromatic carbocycles. The van der Waals surface area contributed by atoms with Crippen LogP contribution >= 0.6 is 11.3 Å². The van der Waals surface area contributed by atoms with Gasteiger partial charge in [-0.25, -0.2) is 9.97 Å². The Morgan fingerprint density at radius 3 is 2.83 bits per heavy atom. The van der Waals surface area contributed by atoms with Gasteiger partial charge < -0.3 is 10.3 Å². The van der Waals surface area contributed by atoms with Crippen LogP contribution in [0.25, 0.3) is 0 Å². The van der Waals surface area contributed by atoms with Gasteiger partial charge in [0.2, 0.25) is 0 Å². The smallest absolute Gasteiger partial charge is 0.263 e. The first kappa shape index (κ1) is 12.8. The Hall–Kier alpha value is -1.69. The Balaban J connectivity index is 2.13. The predicted molar refractivity (Wildman–Crippen MR) is 70.7 cm³/mol. The maximum Gasteiger partial charge on any atom is 0.263 e. The Kier molecular flexibility index (Phi) is 3.76. The van der Waals surface area contributed by atoms with Crippen molar-refractivity contribution in [1.82, 2.24) is 20.3 Å². The minimum atomic E-state index is -0.0886. The van der Waals surface area contributed by atoms with Crippen molar-refractivity contribution in [3.8, 4) is 0 Å². The first-order chi connectivity index (χ1) is 8.61. The van der Waals surface area contributed by atoms with E-state index in [4.69, 9.17) is 0 Å². The number of nitrogens with zero attached hydrogens (tertiary/aromatic N) is 2. The number of carbonyl (C=O) groups excluding carboxylic acids is 1. The topological polar surface area (TPSA) is 70.7 Å². The van der Waals surface area contributed by atoms with E-state index in [1.165, 1.54) is 11.3 Å². The summed E-state index contributed by atoms with van der Waals surface area (Å²) in [6.45, 7) is 5.77. The molecule has 18 heavy (non-hydrogen) atoms. The molecule has 0 saturated carbocycles. The molecule has 1 atom stereocenters. The van der Waals surface area contributed by atoms with Crippen molar-refractivity contribution >= 4 is 17.2 Å². The van der Waals surface area contributed by atoms with E-state index in [0.717, 1.165) is 22.9 Å². The zero-order valence-electron chi connectivity index (χ0n) is 10.7. The van der Waals surface area contributed by atoms with Crippen molar-refractivity contribution in [3.05, 3.63) is 33.8 Å². The van der Waals surface area contributed by atoms with Crippen LogP contribution in [0.4, 0.5) is 0 Å². The second kappa shape index (κ2) is 5.30. The molecule has 0 bridgehead atoms. The molecule has 2 rings (SSSR count). The second-order valence-electron chi connectivity index (χ2n) is 4.06. The van der Waals surface area contributed by atoms with E-state index in [1.54, 1.807) is 12.4 Å². The van der Waals surface area contributed by atoms with E-state index in [9.17, 15) is 4.79 Å². The van der Waals surface area contributed by atoms with Gasteiger partial charge in [-0.05, 0) is 20.3 Å². The van der Waals surface area contributed by atoms with Crippen LogP contribution in [0.15, 0.2) is 12.4 Å². The van der Waals surface area contributed by atoms with E-state index in [2.05, 4.69) is 20.3 Å². The van der Waals surface area contributed by atoms with Crippen molar-refractivity contribution in [2.75, 3.05) is 0 Å². The highest BCUT2D eigenvalue weighted by Gasteiger charge is 2.19. The number of hydrogen-bond acceptors (Lipinski definition) is 4. The molecule has 0 aliphatic rings. The van der Waals surface area contributed by atoms with Gasteiger partial charge in [0.05, 0.1) is 16.7 Å². The molecule has 0 spiro atoms. The van der Waals surface area contributed by atoms with Crippen molar-refractivity contribution in [1.29, 1.82) is 0 Å². The molecule has 0 radical (unpaired) electrons. The fourth-order valence-electron chi connectivity index (χ4n) is 1.80. The SMILES string of the molecule is CCC(NC(=O)c1sc(C)nc1C)c1ncc[nH]1. The normalized spacial score (nSPS) is 12.4. The number of hydrogen-bond donors (Lipinski definition) is 2. The average molecular weight is 264 g/mol. The Bertz CT molecular complexity index is 532. The highest BCUT2D eigenvalue weighted by molar-refractivity contribution is 7.13.